The van der Waals surface area contributed by atoms with Gasteiger partial charge in [0.2, 0.25) is 0 Å². The number of ether oxygens (including phenoxy) is 2. The first kappa shape index (κ1) is 16.6. The van der Waals surface area contributed by atoms with Gasteiger partial charge in [0.05, 0.1) is 29.8 Å². The van der Waals surface area contributed by atoms with Crippen molar-refractivity contribution in [2.24, 2.45) is 0 Å². The van der Waals surface area contributed by atoms with E-state index in [9.17, 15) is 4.79 Å². The third-order valence-corrected chi connectivity index (χ3v) is 4.96. The molecule has 1 heterocycles. The fraction of sp³-hybridized carbons (Fsp3) is 0.312. The average molecular weight is 340 g/mol. The Hall–Kier alpha value is -1.72. The third kappa shape index (κ3) is 3.36. The van der Waals surface area contributed by atoms with E-state index < -0.39 is 0 Å². The topological polar surface area (TPSA) is 47.6 Å². The number of amides is 1. The van der Waals surface area contributed by atoms with Crippen LogP contribution in [0.1, 0.15) is 27.0 Å². The van der Waals surface area contributed by atoms with Crippen LogP contribution in [0, 0.1) is 6.92 Å². The SMILES string of the molecule is CCc1sc(C(=O)Nc2cc(OC)c(Cl)cc2OC)cc1C. The van der Waals surface area contributed by atoms with Gasteiger partial charge in [-0.3, -0.25) is 4.79 Å². The minimum Gasteiger partial charge on any atom is -0.495 e. The number of methoxy groups -OCH3 is 2. The third-order valence-electron chi connectivity index (χ3n) is 3.29. The van der Waals surface area contributed by atoms with Crippen molar-refractivity contribution in [1.29, 1.82) is 0 Å². The van der Waals surface area contributed by atoms with Crippen LogP contribution in [-0.2, 0) is 6.42 Å². The molecule has 1 N–H and O–H groups in total. The van der Waals surface area contributed by atoms with Crippen LogP contribution in [0.3, 0.4) is 0 Å². The molecule has 0 saturated carbocycles. The number of hydrogen-bond acceptors (Lipinski definition) is 4. The summed E-state index contributed by atoms with van der Waals surface area (Å²) in [5.74, 6) is 0.799. The first-order chi connectivity index (χ1) is 10.5. The van der Waals surface area contributed by atoms with Gasteiger partial charge in [-0.1, -0.05) is 18.5 Å². The summed E-state index contributed by atoms with van der Waals surface area (Å²) in [4.78, 5) is 14.3. The van der Waals surface area contributed by atoms with E-state index in [0.29, 0.717) is 27.1 Å². The van der Waals surface area contributed by atoms with Gasteiger partial charge in [-0.25, -0.2) is 0 Å². The number of halogens is 1. The van der Waals surface area contributed by atoms with Crippen LogP contribution in [0.2, 0.25) is 5.02 Å². The lowest BCUT2D eigenvalue weighted by molar-refractivity contribution is 0.103. The molecule has 0 aliphatic carbocycles. The second-order valence-corrected chi connectivity index (χ2v) is 6.26. The quantitative estimate of drug-likeness (QED) is 0.869. The molecule has 22 heavy (non-hydrogen) atoms. The summed E-state index contributed by atoms with van der Waals surface area (Å²) in [6.45, 7) is 4.09. The second kappa shape index (κ2) is 7.03. The minimum atomic E-state index is -0.171. The lowest BCUT2D eigenvalue weighted by atomic mass is 10.2. The summed E-state index contributed by atoms with van der Waals surface area (Å²) in [5.41, 5.74) is 1.66. The zero-order chi connectivity index (χ0) is 16.3. The van der Waals surface area contributed by atoms with Crippen LogP contribution >= 0.6 is 22.9 Å². The maximum absolute atomic E-state index is 12.4. The number of rotatable bonds is 5. The molecule has 4 nitrogen and oxygen atoms in total. The first-order valence-electron chi connectivity index (χ1n) is 6.82. The highest BCUT2D eigenvalue weighted by Gasteiger charge is 2.16. The molecule has 0 aliphatic heterocycles. The van der Waals surface area contributed by atoms with Crippen molar-refractivity contribution in [3.8, 4) is 11.5 Å². The highest BCUT2D eigenvalue weighted by atomic mass is 35.5. The molecule has 0 atom stereocenters. The van der Waals surface area contributed by atoms with Gasteiger partial charge in [0.1, 0.15) is 11.5 Å². The Morgan fingerprint density at radius 2 is 1.91 bits per heavy atom. The molecule has 0 radical (unpaired) electrons. The largest absolute Gasteiger partial charge is 0.495 e. The number of benzene rings is 1. The van der Waals surface area contributed by atoms with Gasteiger partial charge in [0.15, 0.2) is 0 Å². The Labute approximate surface area is 139 Å². The molecule has 0 fully saturated rings. The smallest absolute Gasteiger partial charge is 0.265 e. The Bertz CT molecular complexity index is 697. The number of aryl methyl sites for hydroxylation is 2. The fourth-order valence-corrected chi connectivity index (χ4v) is 3.36. The normalized spacial score (nSPS) is 10.4. The molecular formula is C16H18ClNO3S. The Morgan fingerprint density at radius 1 is 1.23 bits per heavy atom. The number of anilines is 1. The molecule has 0 spiro atoms. The summed E-state index contributed by atoms with van der Waals surface area (Å²) >= 11 is 7.56. The van der Waals surface area contributed by atoms with Crippen LogP contribution < -0.4 is 14.8 Å². The molecular weight excluding hydrogens is 322 g/mol. The Kier molecular flexibility index (Phi) is 5.32. The van der Waals surface area contributed by atoms with E-state index >= 15 is 0 Å². The summed E-state index contributed by atoms with van der Waals surface area (Å²) in [5, 5.41) is 3.28. The maximum atomic E-state index is 12.4. The van der Waals surface area contributed by atoms with Crippen molar-refractivity contribution in [2.45, 2.75) is 20.3 Å². The molecule has 1 amide bonds. The monoisotopic (exact) mass is 339 g/mol. The van der Waals surface area contributed by atoms with Gasteiger partial charge in [-0.15, -0.1) is 11.3 Å². The zero-order valence-electron chi connectivity index (χ0n) is 13.0. The van der Waals surface area contributed by atoms with Crippen molar-refractivity contribution in [1.82, 2.24) is 0 Å². The van der Waals surface area contributed by atoms with E-state index in [2.05, 4.69) is 12.2 Å². The summed E-state index contributed by atoms with van der Waals surface area (Å²) in [7, 11) is 3.05. The van der Waals surface area contributed by atoms with Crippen molar-refractivity contribution >= 4 is 34.5 Å². The molecule has 2 rings (SSSR count). The molecule has 1 aromatic heterocycles. The molecule has 0 saturated heterocycles. The second-order valence-electron chi connectivity index (χ2n) is 4.71. The molecule has 0 aliphatic rings. The van der Waals surface area contributed by atoms with Crippen LogP contribution in [0.15, 0.2) is 18.2 Å². The number of carbonyl (C=O) groups excluding carboxylic acids is 1. The van der Waals surface area contributed by atoms with Gasteiger partial charge >= 0.3 is 0 Å². The zero-order valence-corrected chi connectivity index (χ0v) is 14.5. The lowest BCUT2D eigenvalue weighted by Gasteiger charge is -2.12. The molecule has 6 heteroatoms. The summed E-state index contributed by atoms with van der Waals surface area (Å²) in [6, 6.07) is 5.17. The van der Waals surface area contributed by atoms with E-state index in [0.717, 1.165) is 12.0 Å². The molecule has 1 aromatic carbocycles. The van der Waals surface area contributed by atoms with Crippen molar-refractivity contribution in [3.63, 3.8) is 0 Å². The Balaban J connectivity index is 2.30. The predicted molar refractivity (Wildman–Crippen MR) is 90.9 cm³/mol. The van der Waals surface area contributed by atoms with Gasteiger partial charge in [0, 0.05) is 17.0 Å². The molecule has 0 bridgehead atoms. The average Bonchev–Trinajstić information content (AvgIpc) is 2.89. The van der Waals surface area contributed by atoms with Crippen LogP contribution in [0.25, 0.3) is 0 Å². The number of carbonyl (C=O) groups is 1. The van der Waals surface area contributed by atoms with E-state index in [1.165, 1.54) is 30.4 Å². The number of thiophene rings is 1. The number of nitrogens with one attached hydrogen (secondary N) is 1. The van der Waals surface area contributed by atoms with E-state index in [1.54, 1.807) is 12.1 Å². The standard InChI is InChI=1S/C16H18ClNO3S/c1-5-14-9(2)6-15(22-14)16(19)18-11-8-12(20-3)10(17)7-13(11)21-4/h6-8H,5H2,1-4H3,(H,18,19). The lowest BCUT2D eigenvalue weighted by Crippen LogP contribution is -2.11. The molecule has 2 aromatic rings. The highest BCUT2D eigenvalue weighted by Crippen LogP contribution is 2.36. The van der Waals surface area contributed by atoms with Gasteiger partial charge < -0.3 is 14.8 Å². The minimum absolute atomic E-state index is 0.171. The van der Waals surface area contributed by atoms with Crippen molar-refractivity contribution < 1.29 is 14.3 Å². The van der Waals surface area contributed by atoms with Crippen LogP contribution in [0.5, 0.6) is 11.5 Å². The Morgan fingerprint density at radius 3 is 2.45 bits per heavy atom. The van der Waals surface area contributed by atoms with E-state index in [4.69, 9.17) is 21.1 Å². The molecule has 0 unspecified atom stereocenters. The van der Waals surface area contributed by atoms with Crippen LogP contribution in [0.4, 0.5) is 5.69 Å². The fourth-order valence-electron chi connectivity index (χ4n) is 2.12. The highest BCUT2D eigenvalue weighted by molar-refractivity contribution is 7.14. The van der Waals surface area contributed by atoms with Gasteiger partial charge in [0.25, 0.3) is 5.91 Å². The van der Waals surface area contributed by atoms with Crippen molar-refractivity contribution in [2.75, 3.05) is 19.5 Å². The predicted octanol–water partition coefficient (Wildman–Crippen LogP) is 4.54. The van der Waals surface area contributed by atoms with Crippen molar-refractivity contribution in [3.05, 3.63) is 38.5 Å². The maximum Gasteiger partial charge on any atom is 0.265 e. The van der Waals surface area contributed by atoms with Gasteiger partial charge in [-0.2, -0.15) is 0 Å². The number of hydrogen-bond donors (Lipinski definition) is 1. The van der Waals surface area contributed by atoms with E-state index in [-0.39, 0.29) is 5.91 Å². The summed E-state index contributed by atoms with van der Waals surface area (Å²) in [6.07, 6.45) is 0.919. The van der Waals surface area contributed by atoms with Crippen LogP contribution in [-0.4, -0.2) is 20.1 Å². The van der Waals surface area contributed by atoms with E-state index in [1.807, 2.05) is 13.0 Å². The first-order valence-corrected chi connectivity index (χ1v) is 8.01. The van der Waals surface area contributed by atoms with Gasteiger partial charge in [-0.05, 0) is 25.0 Å². The molecule has 118 valence electrons. The summed E-state index contributed by atoms with van der Waals surface area (Å²) < 4.78 is 10.4.